The summed E-state index contributed by atoms with van der Waals surface area (Å²) < 4.78 is 4.73. The number of hydrogen-bond donors (Lipinski definition) is 0. The first kappa shape index (κ1) is 11.7. The highest BCUT2D eigenvalue weighted by molar-refractivity contribution is 7.99. The molecule has 0 bridgehead atoms. The SMILES string of the molecule is CCOC(=O)/C=C/CSc1ccncn1. The van der Waals surface area contributed by atoms with Gasteiger partial charge in [-0.1, -0.05) is 6.08 Å². The number of carbonyl (C=O) groups is 1. The van der Waals surface area contributed by atoms with Gasteiger partial charge in [-0.2, -0.15) is 0 Å². The number of esters is 1. The van der Waals surface area contributed by atoms with Gasteiger partial charge < -0.3 is 4.74 Å². The Morgan fingerprint density at radius 3 is 3.20 bits per heavy atom. The lowest BCUT2D eigenvalue weighted by atomic mass is 10.5. The first-order valence-corrected chi connectivity index (χ1v) is 5.53. The molecular weight excluding hydrogens is 212 g/mol. The lowest BCUT2D eigenvalue weighted by molar-refractivity contribution is -0.137. The molecule has 0 aliphatic carbocycles. The monoisotopic (exact) mass is 224 g/mol. The molecule has 0 spiro atoms. The van der Waals surface area contributed by atoms with Crippen LogP contribution in [-0.4, -0.2) is 28.3 Å². The average Bonchev–Trinajstić information content (AvgIpc) is 2.26. The summed E-state index contributed by atoms with van der Waals surface area (Å²) in [6.07, 6.45) is 6.37. The lowest BCUT2D eigenvalue weighted by Crippen LogP contribution is -1.98. The van der Waals surface area contributed by atoms with Gasteiger partial charge in [-0.05, 0) is 13.0 Å². The van der Waals surface area contributed by atoms with Crippen molar-refractivity contribution in [1.29, 1.82) is 0 Å². The molecule has 4 nitrogen and oxygen atoms in total. The van der Waals surface area contributed by atoms with E-state index < -0.39 is 0 Å². The molecule has 0 aliphatic heterocycles. The molecule has 0 unspecified atom stereocenters. The third-order valence-electron chi connectivity index (χ3n) is 1.42. The van der Waals surface area contributed by atoms with Crippen molar-refractivity contribution >= 4 is 17.7 Å². The third kappa shape index (κ3) is 5.17. The maximum absolute atomic E-state index is 10.9. The summed E-state index contributed by atoms with van der Waals surface area (Å²) in [5.74, 6) is 0.385. The summed E-state index contributed by atoms with van der Waals surface area (Å²) in [4.78, 5) is 18.8. The molecule has 1 aromatic rings. The van der Waals surface area contributed by atoms with Gasteiger partial charge in [0.25, 0.3) is 0 Å². The van der Waals surface area contributed by atoms with Crippen molar-refractivity contribution in [2.45, 2.75) is 11.9 Å². The normalized spacial score (nSPS) is 10.5. The van der Waals surface area contributed by atoms with Gasteiger partial charge >= 0.3 is 5.97 Å². The fraction of sp³-hybridized carbons (Fsp3) is 0.300. The Hall–Kier alpha value is -1.36. The fourth-order valence-electron chi connectivity index (χ4n) is 0.832. The molecule has 1 rings (SSSR count). The summed E-state index contributed by atoms with van der Waals surface area (Å²) in [7, 11) is 0. The zero-order valence-corrected chi connectivity index (χ0v) is 9.24. The minimum absolute atomic E-state index is 0.305. The van der Waals surface area contributed by atoms with E-state index in [-0.39, 0.29) is 5.97 Å². The topological polar surface area (TPSA) is 52.1 Å². The molecule has 0 N–H and O–H groups in total. The molecule has 0 aromatic carbocycles. The van der Waals surface area contributed by atoms with Crippen LogP contribution in [0.2, 0.25) is 0 Å². The molecule has 0 atom stereocenters. The number of carbonyl (C=O) groups excluding carboxylic acids is 1. The van der Waals surface area contributed by atoms with E-state index in [0.29, 0.717) is 12.4 Å². The molecule has 0 fully saturated rings. The van der Waals surface area contributed by atoms with Gasteiger partial charge in [0.1, 0.15) is 6.33 Å². The summed E-state index contributed by atoms with van der Waals surface area (Å²) in [6, 6.07) is 1.82. The predicted molar refractivity (Wildman–Crippen MR) is 58.5 cm³/mol. The van der Waals surface area contributed by atoms with Gasteiger partial charge in [-0.25, -0.2) is 14.8 Å². The first-order chi connectivity index (χ1) is 7.33. The largest absolute Gasteiger partial charge is 0.463 e. The molecule has 5 heteroatoms. The van der Waals surface area contributed by atoms with E-state index in [9.17, 15) is 4.79 Å². The average molecular weight is 224 g/mol. The van der Waals surface area contributed by atoms with Crippen LogP contribution >= 0.6 is 11.8 Å². The van der Waals surface area contributed by atoms with E-state index in [1.54, 1.807) is 19.2 Å². The van der Waals surface area contributed by atoms with Gasteiger partial charge in [0.2, 0.25) is 0 Å². The molecule has 1 aromatic heterocycles. The zero-order chi connectivity index (χ0) is 10.9. The van der Waals surface area contributed by atoms with Crippen LogP contribution in [0.25, 0.3) is 0 Å². The Labute approximate surface area is 92.8 Å². The van der Waals surface area contributed by atoms with E-state index in [1.807, 2.05) is 6.07 Å². The van der Waals surface area contributed by atoms with Gasteiger partial charge in [0.15, 0.2) is 0 Å². The highest BCUT2D eigenvalue weighted by atomic mass is 32.2. The van der Waals surface area contributed by atoms with E-state index in [0.717, 1.165) is 5.03 Å². The van der Waals surface area contributed by atoms with Gasteiger partial charge in [-0.3, -0.25) is 0 Å². The third-order valence-corrected chi connectivity index (χ3v) is 2.32. The highest BCUT2D eigenvalue weighted by Gasteiger charge is 1.94. The number of ether oxygens (including phenoxy) is 1. The minimum Gasteiger partial charge on any atom is -0.463 e. The van der Waals surface area contributed by atoms with Crippen LogP contribution in [-0.2, 0) is 9.53 Å². The van der Waals surface area contributed by atoms with Crippen LogP contribution in [0.3, 0.4) is 0 Å². The van der Waals surface area contributed by atoms with Crippen molar-refractivity contribution in [3.63, 3.8) is 0 Å². The second-order valence-corrected chi connectivity index (χ2v) is 3.55. The Bertz CT molecular complexity index is 327. The van der Waals surface area contributed by atoms with Crippen molar-refractivity contribution in [2.24, 2.45) is 0 Å². The van der Waals surface area contributed by atoms with E-state index in [2.05, 4.69) is 9.97 Å². The molecule has 1 heterocycles. The number of hydrogen-bond acceptors (Lipinski definition) is 5. The van der Waals surface area contributed by atoms with Crippen LogP contribution in [0.15, 0.2) is 35.8 Å². The standard InChI is InChI=1S/C10H12N2O2S/c1-2-14-10(13)4-3-7-15-9-5-6-11-8-12-9/h3-6,8H,2,7H2,1H3/b4-3+. The smallest absolute Gasteiger partial charge is 0.330 e. The molecule has 0 saturated heterocycles. The van der Waals surface area contributed by atoms with Crippen LogP contribution in [0.1, 0.15) is 6.92 Å². The predicted octanol–water partition coefficient (Wildman–Crippen LogP) is 1.69. The summed E-state index contributed by atoms with van der Waals surface area (Å²) >= 11 is 1.53. The summed E-state index contributed by atoms with van der Waals surface area (Å²) in [5, 5.41) is 0.888. The number of rotatable bonds is 5. The Balaban J connectivity index is 2.24. The molecular formula is C10H12N2O2S. The summed E-state index contributed by atoms with van der Waals surface area (Å²) in [5.41, 5.74) is 0. The van der Waals surface area contributed by atoms with Gasteiger partial charge in [0.05, 0.1) is 11.6 Å². The molecule has 0 amide bonds. The molecule has 0 aliphatic rings. The van der Waals surface area contributed by atoms with Crippen LogP contribution in [0.5, 0.6) is 0 Å². The minimum atomic E-state index is -0.305. The Morgan fingerprint density at radius 1 is 1.67 bits per heavy atom. The second-order valence-electron chi connectivity index (χ2n) is 2.51. The quantitative estimate of drug-likeness (QED) is 0.330. The fourth-order valence-corrected chi connectivity index (χ4v) is 1.47. The molecule has 80 valence electrons. The molecule has 0 radical (unpaired) electrons. The Morgan fingerprint density at radius 2 is 2.53 bits per heavy atom. The lowest BCUT2D eigenvalue weighted by Gasteiger charge is -1.95. The van der Waals surface area contributed by atoms with Crippen molar-refractivity contribution in [3.05, 3.63) is 30.7 Å². The van der Waals surface area contributed by atoms with Crippen molar-refractivity contribution in [3.8, 4) is 0 Å². The van der Waals surface area contributed by atoms with Crippen molar-refractivity contribution < 1.29 is 9.53 Å². The highest BCUT2D eigenvalue weighted by Crippen LogP contribution is 2.12. The van der Waals surface area contributed by atoms with Crippen LogP contribution in [0, 0.1) is 0 Å². The number of aromatic nitrogens is 2. The first-order valence-electron chi connectivity index (χ1n) is 4.55. The zero-order valence-electron chi connectivity index (χ0n) is 8.42. The number of nitrogens with zero attached hydrogens (tertiary/aromatic N) is 2. The van der Waals surface area contributed by atoms with Crippen LogP contribution in [0.4, 0.5) is 0 Å². The maximum atomic E-state index is 10.9. The van der Waals surface area contributed by atoms with Crippen LogP contribution < -0.4 is 0 Å². The summed E-state index contributed by atoms with van der Waals surface area (Å²) in [6.45, 7) is 2.18. The maximum Gasteiger partial charge on any atom is 0.330 e. The molecule has 15 heavy (non-hydrogen) atoms. The van der Waals surface area contributed by atoms with E-state index in [4.69, 9.17) is 4.74 Å². The molecule has 0 saturated carbocycles. The van der Waals surface area contributed by atoms with Gasteiger partial charge in [-0.15, -0.1) is 11.8 Å². The van der Waals surface area contributed by atoms with Crippen molar-refractivity contribution in [2.75, 3.05) is 12.4 Å². The Kier molecular flexibility index (Phi) is 5.47. The van der Waals surface area contributed by atoms with Gasteiger partial charge in [0, 0.05) is 18.0 Å². The van der Waals surface area contributed by atoms with E-state index in [1.165, 1.54) is 24.2 Å². The number of thioether (sulfide) groups is 1. The van der Waals surface area contributed by atoms with Crippen molar-refractivity contribution in [1.82, 2.24) is 9.97 Å². The second kappa shape index (κ2) is 7.00. The van der Waals surface area contributed by atoms with E-state index >= 15 is 0 Å².